The third-order valence-corrected chi connectivity index (χ3v) is 5.99. The second-order valence-corrected chi connectivity index (χ2v) is 8.16. The molecule has 0 radical (unpaired) electrons. The van der Waals surface area contributed by atoms with Crippen LogP contribution >= 0.6 is 11.3 Å². The van der Waals surface area contributed by atoms with Crippen LogP contribution in [0.4, 0.5) is 0 Å². The van der Waals surface area contributed by atoms with Crippen LogP contribution in [0.25, 0.3) is 0 Å². The van der Waals surface area contributed by atoms with Gasteiger partial charge in [-0.1, -0.05) is 43.7 Å². The van der Waals surface area contributed by atoms with Crippen LogP contribution in [0.5, 0.6) is 0 Å². The number of carbonyl (C=O) groups excluding carboxylic acids is 1. The summed E-state index contributed by atoms with van der Waals surface area (Å²) < 4.78 is 0. The Morgan fingerprint density at radius 2 is 1.93 bits per heavy atom. The fourth-order valence-corrected chi connectivity index (χ4v) is 4.21. The van der Waals surface area contributed by atoms with E-state index >= 15 is 0 Å². The minimum Gasteiger partial charge on any atom is -0.329 e. The van der Waals surface area contributed by atoms with E-state index in [-0.39, 0.29) is 5.91 Å². The number of nitrogens with zero attached hydrogens (tertiary/aromatic N) is 3. The first-order valence-electron chi connectivity index (χ1n) is 9.77. The van der Waals surface area contributed by atoms with Crippen molar-refractivity contribution in [1.82, 2.24) is 14.9 Å². The lowest BCUT2D eigenvalue weighted by Gasteiger charge is -2.23. The van der Waals surface area contributed by atoms with E-state index < -0.39 is 0 Å². The molecule has 0 fully saturated rings. The predicted molar refractivity (Wildman–Crippen MR) is 114 cm³/mol. The lowest BCUT2D eigenvalue weighted by Crippen LogP contribution is -2.30. The minimum atomic E-state index is 0.0462. The zero-order valence-corrected chi connectivity index (χ0v) is 17.6. The molecule has 0 bridgehead atoms. The van der Waals surface area contributed by atoms with Crippen molar-refractivity contribution in [2.45, 2.75) is 53.1 Å². The van der Waals surface area contributed by atoms with Crippen molar-refractivity contribution in [3.05, 3.63) is 81.1 Å². The molecular formula is C23H27N3OS. The smallest absolute Gasteiger partial charge is 0.266 e. The van der Waals surface area contributed by atoms with Gasteiger partial charge in [0.15, 0.2) is 0 Å². The highest BCUT2D eigenvalue weighted by molar-refractivity contribution is 7.13. The number of benzene rings is 1. The van der Waals surface area contributed by atoms with Gasteiger partial charge in [-0.15, -0.1) is 11.3 Å². The molecule has 0 saturated carbocycles. The zero-order valence-electron chi connectivity index (χ0n) is 16.8. The Labute approximate surface area is 171 Å². The average molecular weight is 394 g/mol. The summed E-state index contributed by atoms with van der Waals surface area (Å²) in [7, 11) is 0. The molecule has 4 nitrogen and oxygen atoms in total. The maximum atomic E-state index is 13.4. The summed E-state index contributed by atoms with van der Waals surface area (Å²) in [5.74, 6) is 0.0462. The number of carbonyl (C=O) groups is 1. The SMILES string of the molecule is CCCCc1nc(C)c(C(=O)N(Cc2cccnc2)Cc2ccccc2C)s1. The van der Waals surface area contributed by atoms with E-state index in [2.05, 4.69) is 35.9 Å². The summed E-state index contributed by atoms with van der Waals surface area (Å²) in [5, 5.41) is 1.06. The molecule has 0 saturated heterocycles. The fourth-order valence-electron chi connectivity index (χ4n) is 3.13. The summed E-state index contributed by atoms with van der Waals surface area (Å²) in [6.45, 7) is 7.30. The van der Waals surface area contributed by atoms with Crippen molar-refractivity contribution >= 4 is 17.2 Å². The van der Waals surface area contributed by atoms with Gasteiger partial charge in [0.05, 0.1) is 10.7 Å². The van der Waals surface area contributed by atoms with Crippen molar-refractivity contribution in [3.63, 3.8) is 0 Å². The molecule has 2 heterocycles. The summed E-state index contributed by atoms with van der Waals surface area (Å²) in [6, 6.07) is 12.1. The Kier molecular flexibility index (Phi) is 6.93. The molecule has 5 heteroatoms. The van der Waals surface area contributed by atoms with Crippen molar-refractivity contribution in [2.24, 2.45) is 0 Å². The molecule has 0 aliphatic heterocycles. The number of amides is 1. The molecule has 28 heavy (non-hydrogen) atoms. The van der Waals surface area contributed by atoms with Crippen LogP contribution in [0.2, 0.25) is 0 Å². The van der Waals surface area contributed by atoms with Gasteiger partial charge >= 0.3 is 0 Å². The van der Waals surface area contributed by atoms with E-state index in [0.29, 0.717) is 13.1 Å². The van der Waals surface area contributed by atoms with Crippen LogP contribution in [0.1, 0.15) is 56.8 Å². The molecule has 0 unspecified atom stereocenters. The van der Waals surface area contributed by atoms with Crippen molar-refractivity contribution in [2.75, 3.05) is 0 Å². The number of hydrogen-bond acceptors (Lipinski definition) is 4. The number of unbranched alkanes of at least 4 members (excludes halogenated alkanes) is 1. The Morgan fingerprint density at radius 1 is 1.11 bits per heavy atom. The van der Waals surface area contributed by atoms with E-state index in [1.54, 1.807) is 17.5 Å². The van der Waals surface area contributed by atoms with Crippen LogP contribution in [0.15, 0.2) is 48.8 Å². The molecule has 0 N–H and O–H groups in total. The van der Waals surface area contributed by atoms with E-state index in [1.807, 2.05) is 42.3 Å². The minimum absolute atomic E-state index is 0.0462. The van der Waals surface area contributed by atoms with E-state index in [9.17, 15) is 4.79 Å². The van der Waals surface area contributed by atoms with Gasteiger partial charge in [-0.2, -0.15) is 0 Å². The van der Waals surface area contributed by atoms with Gasteiger partial charge in [-0.25, -0.2) is 4.98 Å². The van der Waals surface area contributed by atoms with Crippen LogP contribution in [0, 0.1) is 13.8 Å². The lowest BCUT2D eigenvalue weighted by molar-refractivity contribution is 0.0733. The molecular weight excluding hydrogens is 366 g/mol. The van der Waals surface area contributed by atoms with Gasteiger partial charge in [0, 0.05) is 25.5 Å². The first-order valence-corrected chi connectivity index (χ1v) is 10.6. The van der Waals surface area contributed by atoms with Crippen molar-refractivity contribution in [3.8, 4) is 0 Å². The number of pyridine rings is 1. The number of hydrogen-bond donors (Lipinski definition) is 0. The Balaban J connectivity index is 1.88. The Morgan fingerprint density at radius 3 is 2.64 bits per heavy atom. The summed E-state index contributed by atoms with van der Waals surface area (Å²) in [4.78, 5) is 25.0. The molecule has 3 rings (SSSR count). The molecule has 0 atom stereocenters. The number of aryl methyl sites for hydroxylation is 3. The molecule has 146 valence electrons. The molecule has 3 aromatic rings. The highest BCUT2D eigenvalue weighted by atomic mass is 32.1. The normalized spacial score (nSPS) is 10.8. The number of thiazole rings is 1. The van der Waals surface area contributed by atoms with Gasteiger partial charge in [0.2, 0.25) is 0 Å². The monoisotopic (exact) mass is 393 g/mol. The van der Waals surface area contributed by atoms with Crippen LogP contribution < -0.4 is 0 Å². The quantitative estimate of drug-likeness (QED) is 0.519. The summed E-state index contributed by atoms with van der Waals surface area (Å²) in [5.41, 5.74) is 4.21. The summed E-state index contributed by atoms with van der Waals surface area (Å²) >= 11 is 1.54. The van der Waals surface area contributed by atoms with E-state index in [0.717, 1.165) is 46.0 Å². The molecule has 0 aliphatic carbocycles. The number of rotatable bonds is 8. The molecule has 0 spiro atoms. The lowest BCUT2D eigenvalue weighted by atomic mass is 10.1. The van der Waals surface area contributed by atoms with Crippen LogP contribution in [-0.2, 0) is 19.5 Å². The Bertz CT molecular complexity index is 921. The standard InChI is InChI=1S/C23H27N3OS/c1-4-5-12-21-25-18(3)22(28-21)23(27)26(15-19-10-8-13-24-14-19)16-20-11-7-6-9-17(20)2/h6-11,13-14H,4-5,12,15-16H2,1-3H3. The average Bonchev–Trinajstić information content (AvgIpc) is 3.08. The number of aromatic nitrogens is 2. The van der Waals surface area contributed by atoms with Crippen molar-refractivity contribution in [1.29, 1.82) is 0 Å². The van der Waals surface area contributed by atoms with E-state index in [1.165, 1.54) is 5.56 Å². The highest BCUT2D eigenvalue weighted by Gasteiger charge is 2.22. The fraction of sp³-hybridized carbons (Fsp3) is 0.348. The zero-order chi connectivity index (χ0) is 19.9. The maximum absolute atomic E-state index is 13.4. The predicted octanol–water partition coefficient (Wildman–Crippen LogP) is 5.34. The molecule has 0 aliphatic rings. The second-order valence-electron chi connectivity index (χ2n) is 7.07. The Hall–Kier alpha value is -2.53. The molecule has 2 aromatic heterocycles. The third-order valence-electron chi connectivity index (χ3n) is 4.79. The van der Waals surface area contributed by atoms with E-state index in [4.69, 9.17) is 0 Å². The molecule has 1 amide bonds. The topological polar surface area (TPSA) is 46.1 Å². The van der Waals surface area contributed by atoms with Gasteiger partial charge in [0.25, 0.3) is 5.91 Å². The van der Waals surface area contributed by atoms with Gasteiger partial charge in [0.1, 0.15) is 4.88 Å². The second kappa shape index (κ2) is 9.60. The molecule has 1 aromatic carbocycles. The van der Waals surface area contributed by atoms with Crippen molar-refractivity contribution < 1.29 is 4.79 Å². The van der Waals surface area contributed by atoms with Gasteiger partial charge in [-0.3, -0.25) is 9.78 Å². The maximum Gasteiger partial charge on any atom is 0.266 e. The highest BCUT2D eigenvalue weighted by Crippen LogP contribution is 2.24. The summed E-state index contributed by atoms with van der Waals surface area (Å²) in [6.07, 6.45) is 6.75. The van der Waals surface area contributed by atoms with Crippen LogP contribution in [-0.4, -0.2) is 20.8 Å². The first-order chi connectivity index (χ1) is 13.6. The van der Waals surface area contributed by atoms with Crippen LogP contribution in [0.3, 0.4) is 0 Å². The largest absolute Gasteiger partial charge is 0.329 e. The van der Waals surface area contributed by atoms with Gasteiger partial charge in [-0.05, 0) is 49.4 Å². The third kappa shape index (κ3) is 5.04. The van der Waals surface area contributed by atoms with Gasteiger partial charge < -0.3 is 4.90 Å². The first kappa shape index (κ1) is 20.2.